The Morgan fingerprint density at radius 1 is 1.19 bits per heavy atom. The highest BCUT2D eigenvalue weighted by Gasteiger charge is 2.19. The van der Waals surface area contributed by atoms with Crippen LogP contribution in [-0.4, -0.2) is 29.2 Å². The quantitative estimate of drug-likeness (QED) is 0.833. The molecule has 1 atom stereocenters. The number of nitrogens with zero attached hydrogens (tertiary/aromatic N) is 2. The van der Waals surface area contributed by atoms with E-state index >= 15 is 0 Å². The van der Waals surface area contributed by atoms with E-state index in [0.717, 1.165) is 56.3 Å². The van der Waals surface area contributed by atoms with E-state index in [0.29, 0.717) is 0 Å². The zero-order valence-corrected chi connectivity index (χ0v) is 16.8. The van der Waals surface area contributed by atoms with Crippen LogP contribution in [0.3, 0.4) is 0 Å². The molecule has 1 unspecified atom stereocenters. The summed E-state index contributed by atoms with van der Waals surface area (Å²) in [5.41, 5.74) is 5.03. The summed E-state index contributed by atoms with van der Waals surface area (Å²) in [5, 5.41) is 6.98. The SMILES string of the molecule is Cc1nc2c(c(NCc3ccc4c(c3)CC(C)O4)n1)CCNCC2.Cl.Cl. The number of nitrogens with one attached hydrogen (secondary N) is 2. The van der Waals surface area contributed by atoms with Crippen LogP contribution in [0.5, 0.6) is 5.75 Å². The third kappa shape index (κ3) is 4.40. The van der Waals surface area contributed by atoms with Gasteiger partial charge in [0, 0.05) is 31.5 Å². The molecule has 5 nitrogen and oxygen atoms in total. The largest absolute Gasteiger partial charge is 0.490 e. The van der Waals surface area contributed by atoms with Crippen molar-refractivity contribution in [2.24, 2.45) is 0 Å². The van der Waals surface area contributed by atoms with Gasteiger partial charge in [0.25, 0.3) is 0 Å². The topological polar surface area (TPSA) is 59.1 Å². The molecule has 0 fully saturated rings. The fourth-order valence-corrected chi connectivity index (χ4v) is 3.59. The molecule has 7 heteroatoms. The predicted molar refractivity (Wildman–Crippen MR) is 109 cm³/mol. The van der Waals surface area contributed by atoms with Gasteiger partial charge in [-0.25, -0.2) is 9.97 Å². The first kappa shape index (κ1) is 20.7. The highest BCUT2D eigenvalue weighted by atomic mass is 35.5. The van der Waals surface area contributed by atoms with Crippen molar-refractivity contribution in [2.45, 2.75) is 45.8 Å². The van der Waals surface area contributed by atoms with Crippen LogP contribution in [0.2, 0.25) is 0 Å². The molecule has 142 valence electrons. The van der Waals surface area contributed by atoms with Crippen LogP contribution >= 0.6 is 24.8 Å². The molecule has 0 aliphatic carbocycles. The van der Waals surface area contributed by atoms with Crippen molar-refractivity contribution in [1.82, 2.24) is 15.3 Å². The van der Waals surface area contributed by atoms with Crippen LogP contribution in [0.4, 0.5) is 5.82 Å². The van der Waals surface area contributed by atoms with Crippen LogP contribution < -0.4 is 15.4 Å². The molecule has 0 saturated carbocycles. The van der Waals surface area contributed by atoms with Crippen LogP contribution in [0, 0.1) is 6.92 Å². The lowest BCUT2D eigenvalue weighted by Gasteiger charge is -2.14. The fourth-order valence-electron chi connectivity index (χ4n) is 3.59. The Hall–Kier alpha value is -1.56. The average molecular weight is 397 g/mol. The molecular formula is C19H26Cl2N4O. The van der Waals surface area contributed by atoms with Crippen molar-refractivity contribution in [3.05, 3.63) is 46.4 Å². The van der Waals surface area contributed by atoms with E-state index < -0.39 is 0 Å². The Labute approximate surface area is 167 Å². The molecule has 26 heavy (non-hydrogen) atoms. The van der Waals surface area contributed by atoms with Gasteiger partial charge in [-0.3, -0.25) is 0 Å². The third-order valence-corrected chi connectivity index (χ3v) is 4.72. The second-order valence-electron chi connectivity index (χ2n) is 6.72. The van der Waals surface area contributed by atoms with E-state index in [9.17, 15) is 0 Å². The Balaban J connectivity index is 0.00000121. The first-order valence-corrected chi connectivity index (χ1v) is 8.78. The van der Waals surface area contributed by atoms with Gasteiger partial charge in [0.05, 0.1) is 5.69 Å². The van der Waals surface area contributed by atoms with E-state index in [4.69, 9.17) is 4.74 Å². The molecule has 0 bridgehead atoms. The Bertz CT molecular complexity index is 769. The molecule has 2 aliphatic heterocycles. The highest BCUT2D eigenvalue weighted by molar-refractivity contribution is 5.85. The third-order valence-electron chi connectivity index (χ3n) is 4.72. The summed E-state index contributed by atoms with van der Waals surface area (Å²) in [7, 11) is 0. The number of hydrogen-bond acceptors (Lipinski definition) is 5. The van der Waals surface area contributed by atoms with E-state index in [1.165, 1.54) is 22.4 Å². The molecule has 1 aromatic carbocycles. The number of hydrogen-bond donors (Lipinski definition) is 2. The lowest BCUT2D eigenvalue weighted by molar-refractivity contribution is 0.254. The molecule has 4 rings (SSSR count). The van der Waals surface area contributed by atoms with Crippen LogP contribution in [-0.2, 0) is 25.8 Å². The van der Waals surface area contributed by atoms with E-state index in [1.807, 2.05) is 6.92 Å². The van der Waals surface area contributed by atoms with Crippen molar-refractivity contribution in [3.63, 3.8) is 0 Å². The minimum absolute atomic E-state index is 0. The molecule has 0 radical (unpaired) electrons. The predicted octanol–water partition coefficient (Wildman–Crippen LogP) is 3.25. The van der Waals surface area contributed by atoms with Gasteiger partial charge in [-0.2, -0.15) is 0 Å². The fraction of sp³-hybridized carbons (Fsp3) is 0.474. The van der Waals surface area contributed by atoms with Crippen molar-refractivity contribution in [3.8, 4) is 5.75 Å². The highest BCUT2D eigenvalue weighted by Crippen LogP contribution is 2.29. The zero-order valence-electron chi connectivity index (χ0n) is 15.2. The van der Waals surface area contributed by atoms with Crippen molar-refractivity contribution in [1.29, 1.82) is 0 Å². The van der Waals surface area contributed by atoms with E-state index in [-0.39, 0.29) is 30.9 Å². The number of benzene rings is 1. The summed E-state index contributed by atoms with van der Waals surface area (Å²) < 4.78 is 5.78. The number of rotatable bonds is 3. The Morgan fingerprint density at radius 2 is 2.00 bits per heavy atom. The molecule has 2 aliphatic rings. The smallest absolute Gasteiger partial charge is 0.133 e. The van der Waals surface area contributed by atoms with Gasteiger partial charge >= 0.3 is 0 Å². The summed E-state index contributed by atoms with van der Waals surface area (Å²) in [6.45, 7) is 6.84. The zero-order chi connectivity index (χ0) is 16.5. The number of ether oxygens (including phenoxy) is 1. The minimum atomic E-state index is 0. The molecule has 3 heterocycles. The Morgan fingerprint density at radius 3 is 2.85 bits per heavy atom. The molecule has 2 N–H and O–H groups in total. The van der Waals surface area contributed by atoms with Crippen LogP contribution in [0.25, 0.3) is 0 Å². The number of fused-ring (bicyclic) bond motifs is 2. The maximum atomic E-state index is 5.78. The first-order valence-electron chi connectivity index (χ1n) is 8.78. The number of halogens is 2. The summed E-state index contributed by atoms with van der Waals surface area (Å²) in [4.78, 5) is 9.29. The van der Waals surface area contributed by atoms with Gasteiger partial charge in [-0.05, 0) is 44.0 Å². The number of anilines is 1. The molecule has 2 aromatic rings. The number of aryl methyl sites for hydroxylation is 1. The lowest BCUT2D eigenvalue weighted by atomic mass is 10.1. The molecule has 0 amide bonds. The minimum Gasteiger partial charge on any atom is -0.490 e. The molecule has 0 saturated heterocycles. The maximum Gasteiger partial charge on any atom is 0.133 e. The van der Waals surface area contributed by atoms with E-state index in [1.54, 1.807) is 0 Å². The van der Waals surface area contributed by atoms with Gasteiger partial charge in [-0.15, -0.1) is 24.8 Å². The van der Waals surface area contributed by atoms with E-state index in [2.05, 4.69) is 45.7 Å². The second kappa shape index (κ2) is 8.89. The number of aromatic nitrogens is 2. The summed E-state index contributed by atoms with van der Waals surface area (Å²) in [5.74, 6) is 2.87. The second-order valence-corrected chi connectivity index (χ2v) is 6.72. The van der Waals surface area contributed by atoms with Crippen LogP contribution in [0.1, 0.15) is 35.1 Å². The van der Waals surface area contributed by atoms with Crippen molar-refractivity contribution < 1.29 is 4.74 Å². The normalized spacial score (nSPS) is 17.7. The van der Waals surface area contributed by atoms with Crippen molar-refractivity contribution >= 4 is 30.6 Å². The lowest BCUT2D eigenvalue weighted by Crippen LogP contribution is -2.16. The van der Waals surface area contributed by atoms with Gasteiger partial charge in [0.2, 0.25) is 0 Å². The summed E-state index contributed by atoms with van der Waals surface area (Å²) >= 11 is 0. The molecule has 0 spiro atoms. The first-order chi connectivity index (χ1) is 11.7. The average Bonchev–Trinajstić information content (AvgIpc) is 2.76. The van der Waals surface area contributed by atoms with Crippen molar-refractivity contribution in [2.75, 3.05) is 18.4 Å². The summed E-state index contributed by atoms with van der Waals surface area (Å²) in [6.07, 6.45) is 3.24. The monoisotopic (exact) mass is 396 g/mol. The molecule has 1 aromatic heterocycles. The standard InChI is InChI=1S/C19H24N4O.2ClH/c1-12-9-15-10-14(3-4-18(15)24-12)11-21-19-16-5-7-20-8-6-17(16)22-13(2)23-19;;/h3-4,10,12,20H,5-9,11H2,1-2H3,(H,21,22,23);2*1H. The van der Waals surface area contributed by atoms with Gasteiger partial charge in [0.1, 0.15) is 23.5 Å². The van der Waals surface area contributed by atoms with Gasteiger partial charge in [0.15, 0.2) is 0 Å². The molecular weight excluding hydrogens is 371 g/mol. The maximum absolute atomic E-state index is 5.78. The van der Waals surface area contributed by atoms with Crippen LogP contribution in [0.15, 0.2) is 18.2 Å². The van der Waals surface area contributed by atoms with Gasteiger partial charge in [-0.1, -0.05) is 12.1 Å². The summed E-state index contributed by atoms with van der Waals surface area (Å²) in [6, 6.07) is 6.48. The van der Waals surface area contributed by atoms with Gasteiger partial charge < -0.3 is 15.4 Å². The Kier molecular flexibility index (Phi) is 7.09.